The van der Waals surface area contributed by atoms with E-state index in [-0.39, 0.29) is 17.7 Å². The fourth-order valence-corrected chi connectivity index (χ4v) is 2.88. The minimum absolute atomic E-state index is 0.0288. The zero-order valence-corrected chi connectivity index (χ0v) is 12.8. The van der Waals surface area contributed by atoms with E-state index in [4.69, 9.17) is 0 Å². The van der Waals surface area contributed by atoms with Gasteiger partial charge in [-0.1, -0.05) is 30.3 Å². The third-order valence-electron chi connectivity index (χ3n) is 3.43. The standard InChI is InChI=1S/C13H12N4O5S/c1-15-11-10(17(8-14-11)23(20,21)22)12(18)16(13(15)19)7-9-5-3-2-4-6-9/h2-6,8H,7H2,1H3,(H,20,21,22). The van der Waals surface area contributed by atoms with Gasteiger partial charge < -0.3 is 0 Å². The Balaban J connectivity index is 2.35. The summed E-state index contributed by atoms with van der Waals surface area (Å²) in [5.74, 6) is 0. The summed E-state index contributed by atoms with van der Waals surface area (Å²) in [5, 5.41) is 0. The Hall–Kier alpha value is -2.72. The molecular formula is C13H12N4O5S. The van der Waals surface area contributed by atoms with E-state index in [1.807, 2.05) is 0 Å². The zero-order chi connectivity index (χ0) is 16.8. The summed E-state index contributed by atoms with van der Waals surface area (Å²) in [6, 6.07) is 8.77. The Labute approximate surface area is 129 Å². The second kappa shape index (κ2) is 5.18. The summed E-state index contributed by atoms with van der Waals surface area (Å²) in [4.78, 5) is 28.6. The van der Waals surface area contributed by atoms with E-state index in [1.165, 1.54) is 7.05 Å². The molecule has 0 aliphatic heterocycles. The monoisotopic (exact) mass is 336 g/mol. The average molecular weight is 336 g/mol. The van der Waals surface area contributed by atoms with Crippen LogP contribution in [0.2, 0.25) is 0 Å². The molecule has 0 saturated carbocycles. The minimum atomic E-state index is -4.70. The topological polar surface area (TPSA) is 116 Å². The van der Waals surface area contributed by atoms with Crippen molar-refractivity contribution in [3.8, 4) is 0 Å². The van der Waals surface area contributed by atoms with Gasteiger partial charge in [0, 0.05) is 7.05 Å². The van der Waals surface area contributed by atoms with E-state index in [1.54, 1.807) is 30.3 Å². The molecule has 1 N–H and O–H groups in total. The first-order chi connectivity index (χ1) is 10.8. The lowest BCUT2D eigenvalue weighted by Gasteiger charge is -2.09. The highest BCUT2D eigenvalue weighted by Gasteiger charge is 2.21. The number of nitrogens with zero attached hydrogens (tertiary/aromatic N) is 4. The van der Waals surface area contributed by atoms with Crippen LogP contribution >= 0.6 is 0 Å². The zero-order valence-electron chi connectivity index (χ0n) is 11.9. The van der Waals surface area contributed by atoms with Gasteiger partial charge in [-0.3, -0.25) is 18.5 Å². The molecule has 120 valence electrons. The number of aryl methyl sites for hydroxylation is 1. The maximum atomic E-state index is 12.5. The molecule has 0 unspecified atom stereocenters. The molecule has 2 aromatic heterocycles. The van der Waals surface area contributed by atoms with Crippen LogP contribution in [0.3, 0.4) is 0 Å². The van der Waals surface area contributed by atoms with E-state index < -0.39 is 21.6 Å². The van der Waals surface area contributed by atoms with Gasteiger partial charge >= 0.3 is 16.0 Å². The van der Waals surface area contributed by atoms with E-state index >= 15 is 0 Å². The molecule has 0 atom stereocenters. The number of rotatable bonds is 3. The van der Waals surface area contributed by atoms with Gasteiger partial charge in [0.15, 0.2) is 11.2 Å². The van der Waals surface area contributed by atoms with E-state index in [9.17, 15) is 22.6 Å². The number of fused-ring (bicyclic) bond motifs is 1. The summed E-state index contributed by atoms with van der Waals surface area (Å²) >= 11 is 0. The Bertz CT molecular complexity index is 1110. The van der Waals surface area contributed by atoms with Gasteiger partial charge in [-0.05, 0) is 5.56 Å². The van der Waals surface area contributed by atoms with Crippen molar-refractivity contribution in [2.75, 3.05) is 0 Å². The molecule has 3 aromatic rings. The first-order valence-corrected chi connectivity index (χ1v) is 7.89. The number of imidazole rings is 1. The molecule has 23 heavy (non-hydrogen) atoms. The van der Waals surface area contributed by atoms with Gasteiger partial charge in [-0.2, -0.15) is 12.4 Å². The number of aromatic nitrogens is 4. The van der Waals surface area contributed by atoms with Crippen molar-refractivity contribution < 1.29 is 13.0 Å². The fraction of sp³-hybridized carbons (Fsp3) is 0.154. The summed E-state index contributed by atoms with van der Waals surface area (Å²) in [6.07, 6.45) is 0.785. The Morgan fingerprint density at radius 3 is 2.43 bits per heavy atom. The van der Waals surface area contributed by atoms with Crippen molar-refractivity contribution in [1.82, 2.24) is 18.1 Å². The van der Waals surface area contributed by atoms with Crippen LogP contribution in [0.5, 0.6) is 0 Å². The van der Waals surface area contributed by atoms with Crippen molar-refractivity contribution in [3.63, 3.8) is 0 Å². The van der Waals surface area contributed by atoms with E-state index in [0.717, 1.165) is 15.5 Å². The highest BCUT2D eigenvalue weighted by atomic mass is 32.2. The summed E-state index contributed by atoms with van der Waals surface area (Å²) in [5.41, 5.74) is -1.29. The number of benzene rings is 1. The van der Waals surface area contributed by atoms with Gasteiger partial charge in [0.2, 0.25) is 0 Å². The maximum Gasteiger partial charge on any atom is 0.365 e. The van der Waals surface area contributed by atoms with E-state index in [2.05, 4.69) is 4.98 Å². The molecule has 0 bridgehead atoms. The van der Waals surface area contributed by atoms with Gasteiger partial charge in [0.1, 0.15) is 6.33 Å². The summed E-state index contributed by atoms with van der Waals surface area (Å²) in [6.45, 7) is -0.0288. The largest absolute Gasteiger partial charge is 0.365 e. The molecule has 0 amide bonds. The lowest BCUT2D eigenvalue weighted by molar-refractivity contribution is 0.474. The smallest absolute Gasteiger partial charge is 0.279 e. The van der Waals surface area contributed by atoms with Crippen LogP contribution in [0, 0.1) is 0 Å². The third kappa shape index (κ3) is 2.47. The molecule has 0 radical (unpaired) electrons. The highest BCUT2D eigenvalue weighted by molar-refractivity contribution is 7.84. The molecular weight excluding hydrogens is 324 g/mol. The predicted octanol–water partition coefficient (Wildman–Crippen LogP) is -0.404. The molecule has 1 aromatic carbocycles. The normalized spacial score (nSPS) is 11.9. The van der Waals surface area contributed by atoms with E-state index in [0.29, 0.717) is 9.54 Å². The maximum absolute atomic E-state index is 12.5. The molecule has 3 rings (SSSR count). The molecule has 0 saturated heterocycles. The van der Waals surface area contributed by atoms with Gasteiger partial charge in [0.05, 0.1) is 6.54 Å². The second-order valence-electron chi connectivity index (χ2n) is 4.91. The second-order valence-corrected chi connectivity index (χ2v) is 6.20. The first-order valence-electron chi connectivity index (χ1n) is 6.49. The van der Waals surface area contributed by atoms with Gasteiger partial charge in [0.25, 0.3) is 5.56 Å². The van der Waals surface area contributed by atoms with Gasteiger partial charge in [-0.15, -0.1) is 0 Å². The van der Waals surface area contributed by atoms with Crippen molar-refractivity contribution in [3.05, 3.63) is 63.1 Å². The Kier molecular flexibility index (Phi) is 3.42. The van der Waals surface area contributed by atoms with Crippen molar-refractivity contribution in [2.24, 2.45) is 7.05 Å². The van der Waals surface area contributed by atoms with Gasteiger partial charge in [-0.25, -0.2) is 9.78 Å². The van der Waals surface area contributed by atoms with Crippen LogP contribution in [-0.2, 0) is 23.9 Å². The minimum Gasteiger partial charge on any atom is -0.279 e. The Morgan fingerprint density at radius 2 is 1.83 bits per heavy atom. The first kappa shape index (κ1) is 15.2. The highest BCUT2D eigenvalue weighted by Crippen LogP contribution is 2.08. The van der Waals surface area contributed by atoms with Crippen molar-refractivity contribution in [1.29, 1.82) is 0 Å². The summed E-state index contributed by atoms with van der Waals surface area (Å²) < 4.78 is 34.2. The molecule has 2 heterocycles. The van der Waals surface area contributed by atoms with Crippen LogP contribution in [0.15, 0.2) is 46.2 Å². The molecule has 0 aliphatic rings. The third-order valence-corrected chi connectivity index (χ3v) is 4.21. The SMILES string of the molecule is Cn1c(=O)n(Cc2ccccc2)c(=O)c2c1ncn2S(=O)(=O)O. The average Bonchev–Trinajstić information content (AvgIpc) is 2.96. The number of hydrogen-bond acceptors (Lipinski definition) is 5. The Morgan fingerprint density at radius 1 is 1.17 bits per heavy atom. The van der Waals surface area contributed by atoms with Crippen LogP contribution in [-0.4, -0.2) is 31.1 Å². The fourth-order valence-electron chi connectivity index (χ4n) is 2.33. The lowest BCUT2D eigenvalue weighted by atomic mass is 10.2. The van der Waals surface area contributed by atoms with Crippen LogP contribution in [0.4, 0.5) is 0 Å². The number of hydrogen-bond donors (Lipinski definition) is 1. The van der Waals surface area contributed by atoms with Crippen molar-refractivity contribution >= 4 is 21.5 Å². The summed E-state index contributed by atoms with van der Waals surface area (Å²) in [7, 11) is -3.33. The van der Waals surface area contributed by atoms with Crippen LogP contribution < -0.4 is 11.2 Å². The van der Waals surface area contributed by atoms with Crippen LogP contribution in [0.25, 0.3) is 11.2 Å². The van der Waals surface area contributed by atoms with Crippen LogP contribution in [0.1, 0.15) is 5.56 Å². The predicted molar refractivity (Wildman–Crippen MR) is 81.7 cm³/mol. The lowest BCUT2D eigenvalue weighted by Crippen LogP contribution is -2.40. The molecule has 0 aliphatic carbocycles. The molecule has 10 heteroatoms. The quantitative estimate of drug-likeness (QED) is 0.650. The molecule has 0 spiro atoms. The molecule has 9 nitrogen and oxygen atoms in total. The van der Waals surface area contributed by atoms with Crippen molar-refractivity contribution in [2.45, 2.75) is 6.54 Å². The molecule has 0 fully saturated rings.